The molecule has 10 rings (SSSR count). The van der Waals surface area contributed by atoms with Crippen LogP contribution in [0.1, 0.15) is 5.56 Å². The third-order valence-electron chi connectivity index (χ3n) is 10.1. The average Bonchev–Trinajstić information content (AvgIpc) is 3.26. The van der Waals surface area contributed by atoms with Gasteiger partial charge in [-0.2, -0.15) is 0 Å². The van der Waals surface area contributed by atoms with Gasteiger partial charge in [-0.05, 0) is 48.4 Å². The summed E-state index contributed by atoms with van der Waals surface area (Å²) >= 11 is 0. The van der Waals surface area contributed by atoms with E-state index in [9.17, 15) is 0 Å². The van der Waals surface area contributed by atoms with E-state index in [1.807, 2.05) is 79.0 Å². The highest BCUT2D eigenvalue weighted by molar-refractivity contribution is 6.05. The lowest BCUT2D eigenvalue weighted by atomic mass is 10.00. The zero-order valence-corrected chi connectivity index (χ0v) is 29.9. The van der Waals surface area contributed by atoms with Gasteiger partial charge in [0, 0.05) is 55.7 Å². The lowest BCUT2D eigenvalue weighted by Gasteiger charge is -2.12. The third kappa shape index (κ3) is 6.06. The van der Waals surface area contributed by atoms with E-state index in [0.717, 1.165) is 83.0 Å². The first kappa shape index (κ1) is 32.2. The van der Waals surface area contributed by atoms with Gasteiger partial charge in [-0.1, -0.05) is 140 Å². The number of pyridine rings is 3. The SMILES string of the molecule is Cc1cc(-c2ccccc2)nc2c1ccc1ccc(-c3cccc(-c4nc(-c5ccccc5)nc(-c5cccc(-c6cccc7cccnc67)c5)n4)c3)nc12. The minimum Gasteiger partial charge on any atom is -0.256 e. The Balaban J connectivity index is 1.09. The first-order chi connectivity index (χ1) is 27.1. The summed E-state index contributed by atoms with van der Waals surface area (Å²) in [6.45, 7) is 2.14. The maximum Gasteiger partial charge on any atom is 0.164 e. The maximum atomic E-state index is 5.25. The number of aromatic nitrogens is 6. The largest absolute Gasteiger partial charge is 0.256 e. The average molecular weight is 705 g/mol. The molecule has 0 aliphatic carbocycles. The Morgan fingerprint density at radius 3 is 1.67 bits per heavy atom. The summed E-state index contributed by atoms with van der Waals surface area (Å²) in [6, 6.07) is 57.9. The summed E-state index contributed by atoms with van der Waals surface area (Å²) in [4.78, 5) is 30.3. The first-order valence-corrected chi connectivity index (χ1v) is 18.3. The first-order valence-electron chi connectivity index (χ1n) is 18.3. The Labute approximate surface area is 318 Å². The van der Waals surface area contributed by atoms with Gasteiger partial charge in [0.15, 0.2) is 17.5 Å². The van der Waals surface area contributed by atoms with E-state index in [2.05, 4.69) is 104 Å². The zero-order chi connectivity index (χ0) is 36.7. The topological polar surface area (TPSA) is 77.3 Å². The van der Waals surface area contributed by atoms with E-state index in [1.165, 1.54) is 5.56 Å². The Morgan fingerprint density at radius 2 is 0.909 bits per heavy atom. The molecule has 0 aliphatic rings. The second-order valence-electron chi connectivity index (χ2n) is 13.6. The molecule has 10 aromatic rings. The van der Waals surface area contributed by atoms with Crippen molar-refractivity contribution >= 4 is 32.7 Å². The van der Waals surface area contributed by atoms with Crippen LogP contribution < -0.4 is 0 Å². The molecule has 6 nitrogen and oxygen atoms in total. The highest BCUT2D eigenvalue weighted by Crippen LogP contribution is 2.34. The van der Waals surface area contributed by atoms with E-state index in [4.69, 9.17) is 29.9 Å². The lowest BCUT2D eigenvalue weighted by Crippen LogP contribution is -2.00. The molecule has 0 unspecified atom stereocenters. The monoisotopic (exact) mass is 704 g/mol. The molecule has 6 aromatic carbocycles. The van der Waals surface area contributed by atoms with Gasteiger partial charge in [-0.15, -0.1) is 0 Å². The van der Waals surface area contributed by atoms with Crippen LogP contribution in [0.5, 0.6) is 0 Å². The van der Waals surface area contributed by atoms with Crippen LogP contribution in [0.4, 0.5) is 0 Å². The summed E-state index contributed by atoms with van der Waals surface area (Å²) in [7, 11) is 0. The summed E-state index contributed by atoms with van der Waals surface area (Å²) in [5.41, 5.74) is 12.5. The fourth-order valence-corrected chi connectivity index (χ4v) is 7.29. The van der Waals surface area contributed by atoms with Crippen molar-refractivity contribution in [3.05, 3.63) is 182 Å². The molecule has 4 heterocycles. The molecule has 0 amide bonds. The third-order valence-corrected chi connectivity index (χ3v) is 10.1. The van der Waals surface area contributed by atoms with Crippen molar-refractivity contribution in [1.82, 2.24) is 29.9 Å². The number of rotatable bonds is 6. The van der Waals surface area contributed by atoms with Gasteiger partial charge in [0.1, 0.15) is 0 Å². The van der Waals surface area contributed by atoms with E-state index in [-0.39, 0.29) is 0 Å². The van der Waals surface area contributed by atoms with Gasteiger partial charge in [-0.25, -0.2) is 24.9 Å². The maximum absolute atomic E-state index is 5.25. The van der Waals surface area contributed by atoms with E-state index >= 15 is 0 Å². The van der Waals surface area contributed by atoms with Crippen molar-refractivity contribution in [2.75, 3.05) is 0 Å². The molecule has 0 N–H and O–H groups in total. The predicted octanol–water partition coefficient (Wildman–Crippen LogP) is 11.8. The van der Waals surface area contributed by atoms with Crippen molar-refractivity contribution in [2.45, 2.75) is 6.92 Å². The molecule has 258 valence electrons. The van der Waals surface area contributed by atoms with Crippen molar-refractivity contribution < 1.29 is 0 Å². The van der Waals surface area contributed by atoms with Crippen LogP contribution in [-0.2, 0) is 0 Å². The van der Waals surface area contributed by atoms with Crippen LogP contribution in [0.15, 0.2) is 176 Å². The van der Waals surface area contributed by atoms with Crippen molar-refractivity contribution in [3.8, 4) is 67.8 Å². The van der Waals surface area contributed by atoms with Crippen LogP contribution in [0.2, 0.25) is 0 Å². The van der Waals surface area contributed by atoms with Gasteiger partial charge in [0.05, 0.1) is 27.9 Å². The number of hydrogen-bond acceptors (Lipinski definition) is 6. The van der Waals surface area contributed by atoms with Gasteiger partial charge in [0.25, 0.3) is 0 Å². The molecule has 0 fully saturated rings. The number of fused-ring (bicyclic) bond motifs is 4. The summed E-state index contributed by atoms with van der Waals surface area (Å²) in [6.07, 6.45) is 1.84. The van der Waals surface area contributed by atoms with Gasteiger partial charge in [0.2, 0.25) is 0 Å². The molecular weight excluding hydrogens is 673 g/mol. The smallest absolute Gasteiger partial charge is 0.164 e. The Bertz CT molecular complexity index is 3050. The zero-order valence-electron chi connectivity index (χ0n) is 29.9. The minimum absolute atomic E-state index is 0.582. The molecule has 0 saturated heterocycles. The van der Waals surface area contributed by atoms with Crippen molar-refractivity contribution in [3.63, 3.8) is 0 Å². The molecule has 0 bridgehead atoms. The molecule has 4 aromatic heterocycles. The van der Waals surface area contributed by atoms with E-state index in [0.29, 0.717) is 17.5 Å². The second-order valence-corrected chi connectivity index (χ2v) is 13.6. The quantitative estimate of drug-likeness (QED) is 0.160. The molecule has 0 saturated carbocycles. The summed E-state index contributed by atoms with van der Waals surface area (Å²) in [5, 5.41) is 3.23. The van der Waals surface area contributed by atoms with Gasteiger partial charge < -0.3 is 0 Å². The molecule has 0 radical (unpaired) electrons. The molecule has 0 aliphatic heterocycles. The number of nitrogens with zero attached hydrogens (tertiary/aromatic N) is 6. The number of aryl methyl sites for hydroxylation is 1. The standard InChI is InChI=1S/C49H32N6/c1-31-28-43(32-12-4-2-5-13-32)52-46-40(31)25-23-34-24-26-42(51-45(34)46)37-18-9-20-39(30-37)49-54-47(35-14-6-3-7-15-35)53-48(55-49)38-19-8-17-36(29-38)41-22-10-16-33-21-11-27-50-44(33)41/h2-30H,1H3. The van der Waals surface area contributed by atoms with E-state index in [1.54, 1.807) is 0 Å². The van der Waals surface area contributed by atoms with Crippen LogP contribution in [0.25, 0.3) is 101 Å². The fourth-order valence-electron chi connectivity index (χ4n) is 7.29. The van der Waals surface area contributed by atoms with Crippen LogP contribution in [0, 0.1) is 6.92 Å². The van der Waals surface area contributed by atoms with E-state index < -0.39 is 0 Å². The second kappa shape index (κ2) is 13.5. The summed E-state index contributed by atoms with van der Waals surface area (Å²) < 4.78 is 0. The Kier molecular flexibility index (Phi) is 7.92. The highest BCUT2D eigenvalue weighted by atomic mass is 15.0. The normalized spacial score (nSPS) is 11.4. The van der Waals surface area contributed by atoms with Crippen LogP contribution in [0.3, 0.4) is 0 Å². The number of benzene rings is 6. The molecular formula is C49H32N6. The van der Waals surface area contributed by atoms with Crippen LogP contribution in [-0.4, -0.2) is 29.9 Å². The highest BCUT2D eigenvalue weighted by Gasteiger charge is 2.16. The molecule has 0 atom stereocenters. The van der Waals surface area contributed by atoms with Crippen LogP contribution >= 0.6 is 0 Å². The molecule has 55 heavy (non-hydrogen) atoms. The predicted molar refractivity (Wildman–Crippen MR) is 223 cm³/mol. The van der Waals surface area contributed by atoms with Crippen molar-refractivity contribution in [1.29, 1.82) is 0 Å². The van der Waals surface area contributed by atoms with Crippen molar-refractivity contribution in [2.24, 2.45) is 0 Å². The molecule has 6 heteroatoms. The Hall–Kier alpha value is -7.44. The Morgan fingerprint density at radius 1 is 0.345 bits per heavy atom. The number of hydrogen-bond donors (Lipinski definition) is 0. The van der Waals surface area contributed by atoms with Gasteiger partial charge in [-0.3, -0.25) is 4.98 Å². The van der Waals surface area contributed by atoms with Gasteiger partial charge >= 0.3 is 0 Å². The minimum atomic E-state index is 0.582. The lowest BCUT2D eigenvalue weighted by molar-refractivity contribution is 1.07. The molecule has 0 spiro atoms. The number of para-hydroxylation sites is 1. The summed E-state index contributed by atoms with van der Waals surface area (Å²) in [5.74, 6) is 1.78. The fraction of sp³-hybridized carbons (Fsp3) is 0.0204.